The third-order valence-electron chi connectivity index (χ3n) is 2.21. The lowest BCUT2D eigenvalue weighted by atomic mass is 10.1. The van der Waals surface area contributed by atoms with Crippen molar-refractivity contribution in [3.8, 4) is 17.6 Å². The van der Waals surface area contributed by atoms with Crippen LogP contribution in [0.5, 0.6) is 11.5 Å². The van der Waals surface area contributed by atoms with E-state index in [1.54, 1.807) is 13.2 Å². The van der Waals surface area contributed by atoms with Crippen LogP contribution < -0.4 is 15.2 Å². The van der Waals surface area contributed by atoms with E-state index in [2.05, 4.69) is 0 Å². The summed E-state index contributed by atoms with van der Waals surface area (Å²) < 4.78 is 10.4. The molecule has 1 aromatic carbocycles. The summed E-state index contributed by atoms with van der Waals surface area (Å²) in [4.78, 5) is 0. The van der Waals surface area contributed by atoms with Gasteiger partial charge in [-0.05, 0) is 24.6 Å². The van der Waals surface area contributed by atoms with Gasteiger partial charge >= 0.3 is 0 Å². The molecule has 0 aliphatic heterocycles. The Kier molecular flexibility index (Phi) is 5.05. The molecule has 0 atom stereocenters. The van der Waals surface area contributed by atoms with Gasteiger partial charge < -0.3 is 15.2 Å². The van der Waals surface area contributed by atoms with Crippen LogP contribution in [0.15, 0.2) is 23.8 Å². The Labute approximate surface area is 101 Å². The summed E-state index contributed by atoms with van der Waals surface area (Å²) in [6, 6.07) is 7.45. The number of nitriles is 1. The van der Waals surface area contributed by atoms with Gasteiger partial charge in [0.1, 0.15) is 6.07 Å². The maximum Gasteiger partial charge on any atom is 0.174 e. The largest absolute Gasteiger partial charge is 0.493 e. The summed E-state index contributed by atoms with van der Waals surface area (Å²) in [7, 11) is 1.57. The molecule has 0 aliphatic rings. The van der Waals surface area contributed by atoms with E-state index in [1.165, 1.54) is 0 Å². The quantitative estimate of drug-likeness (QED) is 0.842. The molecule has 0 aliphatic carbocycles. The maximum absolute atomic E-state index is 8.46. The zero-order chi connectivity index (χ0) is 12.7. The van der Waals surface area contributed by atoms with Crippen molar-refractivity contribution >= 4 is 6.08 Å². The number of nitrogens with two attached hydrogens (primary N) is 1. The number of hydrogen-bond donors (Lipinski definition) is 1. The molecule has 0 unspecified atom stereocenters. The number of rotatable bonds is 5. The number of nitrogens with zero attached hydrogens (tertiary/aromatic N) is 1. The molecule has 0 fully saturated rings. The molecule has 0 aromatic heterocycles. The predicted molar refractivity (Wildman–Crippen MR) is 66.8 cm³/mol. The Bertz CT molecular complexity index is 447. The van der Waals surface area contributed by atoms with Gasteiger partial charge in [0.05, 0.1) is 7.11 Å². The second-order valence-corrected chi connectivity index (χ2v) is 3.55. The lowest BCUT2D eigenvalue weighted by Gasteiger charge is -2.09. The highest BCUT2D eigenvalue weighted by molar-refractivity contribution is 5.58. The summed E-state index contributed by atoms with van der Waals surface area (Å²) in [5.41, 5.74) is 7.60. The maximum atomic E-state index is 8.46. The van der Waals surface area contributed by atoms with Crippen LogP contribution in [0.25, 0.3) is 6.08 Å². The Balaban J connectivity index is 2.96. The standard InChI is InChI=1S/C13H16N2O2/c1-10(9-15)7-11-3-4-12(17-6-5-14)13(8-11)16-2/h3-4,7-8H,6,9,15H2,1-2H3. The van der Waals surface area contributed by atoms with Gasteiger partial charge in [0.25, 0.3) is 0 Å². The van der Waals surface area contributed by atoms with E-state index in [-0.39, 0.29) is 6.61 Å². The van der Waals surface area contributed by atoms with Crippen LogP contribution in [0.4, 0.5) is 0 Å². The minimum atomic E-state index is 0.00732. The molecule has 0 spiro atoms. The van der Waals surface area contributed by atoms with E-state index >= 15 is 0 Å². The topological polar surface area (TPSA) is 68.3 Å². The Hall–Kier alpha value is -1.99. The Morgan fingerprint density at radius 2 is 2.24 bits per heavy atom. The molecule has 0 saturated heterocycles. The van der Waals surface area contributed by atoms with E-state index in [0.717, 1.165) is 11.1 Å². The van der Waals surface area contributed by atoms with Crippen LogP contribution in [-0.2, 0) is 0 Å². The van der Waals surface area contributed by atoms with Crippen LogP contribution in [0.2, 0.25) is 0 Å². The van der Waals surface area contributed by atoms with Crippen molar-refractivity contribution < 1.29 is 9.47 Å². The van der Waals surface area contributed by atoms with Crippen molar-refractivity contribution in [1.29, 1.82) is 5.26 Å². The van der Waals surface area contributed by atoms with Gasteiger partial charge in [0, 0.05) is 6.54 Å². The number of ether oxygens (including phenoxy) is 2. The first kappa shape index (κ1) is 13.1. The highest BCUT2D eigenvalue weighted by Crippen LogP contribution is 2.28. The lowest BCUT2D eigenvalue weighted by molar-refractivity contribution is 0.329. The number of benzene rings is 1. The molecule has 1 aromatic rings. The van der Waals surface area contributed by atoms with Crippen LogP contribution in [0.3, 0.4) is 0 Å². The van der Waals surface area contributed by atoms with Gasteiger partial charge in [-0.15, -0.1) is 0 Å². The van der Waals surface area contributed by atoms with E-state index in [1.807, 2.05) is 31.2 Å². The Morgan fingerprint density at radius 3 is 2.82 bits per heavy atom. The minimum Gasteiger partial charge on any atom is -0.493 e. The fraction of sp³-hybridized carbons (Fsp3) is 0.308. The first-order valence-corrected chi connectivity index (χ1v) is 5.26. The monoisotopic (exact) mass is 232 g/mol. The highest BCUT2D eigenvalue weighted by atomic mass is 16.5. The van der Waals surface area contributed by atoms with E-state index in [9.17, 15) is 0 Å². The third kappa shape index (κ3) is 3.82. The molecular formula is C13H16N2O2. The highest BCUT2D eigenvalue weighted by Gasteiger charge is 2.04. The second-order valence-electron chi connectivity index (χ2n) is 3.55. The van der Waals surface area contributed by atoms with Crippen molar-refractivity contribution in [2.45, 2.75) is 6.92 Å². The van der Waals surface area contributed by atoms with Crippen molar-refractivity contribution in [2.75, 3.05) is 20.3 Å². The zero-order valence-electron chi connectivity index (χ0n) is 10.1. The lowest BCUT2D eigenvalue weighted by Crippen LogP contribution is -1.99. The first-order chi connectivity index (χ1) is 8.21. The fourth-order valence-electron chi connectivity index (χ4n) is 1.35. The molecule has 0 heterocycles. The second kappa shape index (κ2) is 6.56. The molecule has 17 heavy (non-hydrogen) atoms. The SMILES string of the molecule is COc1cc(C=C(C)CN)ccc1OCC#N. The summed E-state index contributed by atoms with van der Waals surface area (Å²) in [6.07, 6.45) is 1.98. The summed E-state index contributed by atoms with van der Waals surface area (Å²) in [6.45, 7) is 2.49. The molecule has 90 valence electrons. The zero-order valence-corrected chi connectivity index (χ0v) is 10.1. The van der Waals surface area contributed by atoms with Crippen LogP contribution >= 0.6 is 0 Å². The van der Waals surface area contributed by atoms with Gasteiger partial charge in [-0.2, -0.15) is 5.26 Å². The molecule has 0 saturated carbocycles. The van der Waals surface area contributed by atoms with Crippen LogP contribution in [-0.4, -0.2) is 20.3 Å². The molecule has 4 heteroatoms. The molecule has 0 bridgehead atoms. The smallest absolute Gasteiger partial charge is 0.174 e. The average Bonchev–Trinajstić information content (AvgIpc) is 2.36. The van der Waals surface area contributed by atoms with Crippen molar-refractivity contribution in [1.82, 2.24) is 0 Å². The van der Waals surface area contributed by atoms with Gasteiger partial charge in [0.15, 0.2) is 18.1 Å². The summed E-state index contributed by atoms with van der Waals surface area (Å²) >= 11 is 0. The Morgan fingerprint density at radius 1 is 1.47 bits per heavy atom. The molecule has 4 nitrogen and oxygen atoms in total. The molecule has 1 rings (SSSR count). The molecule has 0 amide bonds. The van der Waals surface area contributed by atoms with E-state index in [0.29, 0.717) is 18.0 Å². The number of hydrogen-bond acceptors (Lipinski definition) is 4. The van der Waals surface area contributed by atoms with Gasteiger partial charge in [0.2, 0.25) is 0 Å². The van der Waals surface area contributed by atoms with Crippen molar-refractivity contribution in [3.63, 3.8) is 0 Å². The molecule has 2 N–H and O–H groups in total. The number of methoxy groups -OCH3 is 1. The summed E-state index contributed by atoms with van der Waals surface area (Å²) in [5.74, 6) is 1.18. The third-order valence-corrected chi connectivity index (χ3v) is 2.21. The first-order valence-electron chi connectivity index (χ1n) is 5.26. The van der Waals surface area contributed by atoms with Crippen molar-refractivity contribution in [3.05, 3.63) is 29.3 Å². The van der Waals surface area contributed by atoms with Crippen molar-refractivity contribution in [2.24, 2.45) is 5.73 Å². The molecular weight excluding hydrogens is 216 g/mol. The average molecular weight is 232 g/mol. The van der Waals surface area contributed by atoms with Gasteiger partial charge in [-0.1, -0.05) is 17.7 Å². The fourth-order valence-corrected chi connectivity index (χ4v) is 1.35. The van der Waals surface area contributed by atoms with Gasteiger partial charge in [-0.25, -0.2) is 0 Å². The van der Waals surface area contributed by atoms with Crippen LogP contribution in [0.1, 0.15) is 12.5 Å². The van der Waals surface area contributed by atoms with E-state index in [4.69, 9.17) is 20.5 Å². The summed E-state index contributed by atoms with van der Waals surface area (Å²) in [5, 5.41) is 8.46. The van der Waals surface area contributed by atoms with Gasteiger partial charge in [-0.3, -0.25) is 0 Å². The van der Waals surface area contributed by atoms with Crippen LogP contribution in [0, 0.1) is 11.3 Å². The molecule has 0 radical (unpaired) electrons. The normalized spacial score (nSPS) is 10.8. The minimum absolute atomic E-state index is 0.00732. The van der Waals surface area contributed by atoms with E-state index < -0.39 is 0 Å². The predicted octanol–water partition coefficient (Wildman–Crippen LogP) is 1.96.